The smallest absolute Gasteiger partial charge is 0.340 e. The first kappa shape index (κ1) is 24.7. The van der Waals surface area contributed by atoms with Crippen molar-refractivity contribution in [3.8, 4) is 11.5 Å². The third kappa shape index (κ3) is 4.03. The fourth-order valence-corrected chi connectivity index (χ4v) is 5.84. The van der Waals surface area contributed by atoms with Crippen molar-refractivity contribution >= 4 is 29.2 Å². The third-order valence-electron chi connectivity index (χ3n) is 7.54. The molecule has 0 bridgehead atoms. The molecule has 200 valence electrons. The topological polar surface area (TPSA) is 126 Å². The van der Waals surface area contributed by atoms with Crippen molar-refractivity contribution in [2.75, 3.05) is 32.4 Å². The number of fused-ring (bicyclic) bond motifs is 3. The van der Waals surface area contributed by atoms with Gasteiger partial charge in [-0.3, -0.25) is 14.4 Å². The van der Waals surface area contributed by atoms with Crippen LogP contribution < -0.4 is 14.8 Å². The molecule has 10 heteroatoms. The lowest BCUT2D eigenvalue weighted by Crippen LogP contribution is -2.38. The number of rotatable bonds is 6. The fraction of sp³-hybridized carbons (Fsp3) is 0.310. The number of benzene rings is 2. The number of cyclic esters (lactones) is 1. The number of hydrogen-bond acceptors (Lipinski definition) is 10. The van der Waals surface area contributed by atoms with E-state index in [1.165, 1.54) is 19.3 Å². The highest BCUT2D eigenvalue weighted by molar-refractivity contribution is 6.47. The van der Waals surface area contributed by atoms with Gasteiger partial charge in [0.25, 0.3) is 5.78 Å². The zero-order valence-electron chi connectivity index (χ0n) is 21.2. The Bertz CT molecular complexity index is 1470. The van der Waals surface area contributed by atoms with E-state index in [0.717, 1.165) is 5.56 Å². The molecule has 10 nitrogen and oxygen atoms in total. The van der Waals surface area contributed by atoms with Gasteiger partial charge in [-0.1, -0.05) is 12.1 Å². The highest BCUT2D eigenvalue weighted by atomic mass is 16.7. The van der Waals surface area contributed by atoms with E-state index in [2.05, 4.69) is 5.32 Å². The van der Waals surface area contributed by atoms with Gasteiger partial charge in [0.1, 0.15) is 0 Å². The van der Waals surface area contributed by atoms with Crippen LogP contribution in [0.1, 0.15) is 40.4 Å². The van der Waals surface area contributed by atoms with Crippen LogP contribution in [0.5, 0.6) is 11.5 Å². The molecule has 6 rings (SSSR count). The summed E-state index contributed by atoms with van der Waals surface area (Å²) in [4.78, 5) is 50.8. The minimum absolute atomic E-state index is 0.0466. The Labute approximate surface area is 223 Å². The van der Waals surface area contributed by atoms with E-state index in [1.54, 1.807) is 37.3 Å². The molecule has 39 heavy (non-hydrogen) atoms. The van der Waals surface area contributed by atoms with Gasteiger partial charge in [-0.05, 0) is 60.0 Å². The molecule has 0 aromatic heterocycles. The second-order valence-corrected chi connectivity index (χ2v) is 9.57. The first-order chi connectivity index (χ1) is 18.9. The van der Waals surface area contributed by atoms with Crippen LogP contribution in [-0.2, 0) is 28.6 Å². The molecule has 1 fully saturated rings. The van der Waals surface area contributed by atoms with Crippen LogP contribution in [0.15, 0.2) is 59.9 Å². The van der Waals surface area contributed by atoms with Crippen molar-refractivity contribution in [3.63, 3.8) is 0 Å². The highest BCUT2D eigenvalue weighted by Crippen LogP contribution is 2.55. The minimum Gasteiger partial charge on any atom is -0.492 e. The maximum absolute atomic E-state index is 13.2. The van der Waals surface area contributed by atoms with Gasteiger partial charge < -0.3 is 29.0 Å². The normalized spacial score (nSPS) is 24.7. The summed E-state index contributed by atoms with van der Waals surface area (Å²) in [5.74, 6) is -3.09. The van der Waals surface area contributed by atoms with E-state index >= 15 is 0 Å². The van der Waals surface area contributed by atoms with Crippen LogP contribution in [0.4, 0.5) is 5.69 Å². The lowest BCUT2D eigenvalue weighted by Gasteiger charge is -2.40. The number of esters is 2. The number of hydrogen-bond donors (Lipinski definition) is 1. The molecule has 0 unspecified atom stereocenters. The van der Waals surface area contributed by atoms with Gasteiger partial charge in [0.05, 0.1) is 37.8 Å². The van der Waals surface area contributed by atoms with Crippen molar-refractivity contribution in [3.05, 3.63) is 76.6 Å². The van der Waals surface area contributed by atoms with Crippen LogP contribution in [0.25, 0.3) is 0 Å². The van der Waals surface area contributed by atoms with E-state index in [4.69, 9.17) is 23.7 Å². The van der Waals surface area contributed by atoms with E-state index < -0.39 is 41.4 Å². The van der Waals surface area contributed by atoms with E-state index in [9.17, 15) is 19.2 Å². The summed E-state index contributed by atoms with van der Waals surface area (Å²) < 4.78 is 27.3. The van der Waals surface area contributed by atoms with Crippen molar-refractivity contribution in [1.82, 2.24) is 0 Å². The van der Waals surface area contributed by atoms with Gasteiger partial charge in [0.2, 0.25) is 12.6 Å². The summed E-state index contributed by atoms with van der Waals surface area (Å²) in [6, 6.07) is 10.2. The number of ketones is 2. The molecule has 0 radical (unpaired) electrons. The molecule has 1 saturated heterocycles. The lowest BCUT2D eigenvalue weighted by molar-refractivity contribution is -0.141. The van der Waals surface area contributed by atoms with Gasteiger partial charge in [0.15, 0.2) is 17.3 Å². The third-order valence-corrected chi connectivity index (χ3v) is 7.54. The Hall–Kier alpha value is -4.60. The van der Waals surface area contributed by atoms with Gasteiger partial charge >= 0.3 is 11.9 Å². The number of carbonyl (C=O) groups excluding carboxylic acids is 4. The summed E-state index contributed by atoms with van der Waals surface area (Å²) in [5.41, 5.74) is 2.87. The van der Waals surface area contributed by atoms with Crippen molar-refractivity contribution in [1.29, 1.82) is 0 Å². The van der Waals surface area contributed by atoms with E-state index in [1.807, 2.05) is 6.07 Å². The zero-order chi connectivity index (χ0) is 27.3. The van der Waals surface area contributed by atoms with Crippen LogP contribution in [0.2, 0.25) is 0 Å². The van der Waals surface area contributed by atoms with Crippen LogP contribution in [0.3, 0.4) is 0 Å². The standard InChI is InChI=1S/C29H25NO9/c1-3-36-28(33)15-6-4-5-7-19(15)30-26-17-11-22-21(38-13-39-22)10-16(17)24(25-18(26)12-37-29(25)34)14-8-20(31)27(32)23(9-14)35-2/h4-11,18,24-26,30H,3,12-13H2,1-2H3/t18-,24+,25-,26+/m0/s1. The maximum atomic E-state index is 13.2. The first-order valence-corrected chi connectivity index (χ1v) is 12.6. The molecule has 2 heterocycles. The Morgan fingerprint density at radius 1 is 1.03 bits per heavy atom. The highest BCUT2D eigenvalue weighted by Gasteiger charge is 2.53. The number of allylic oxidation sites excluding steroid dienone is 4. The van der Waals surface area contributed by atoms with Gasteiger partial charge in [-0.15, -0.1) is 0 Å². The van der Waals surface area contributed by atoms with Crippen molar-refractivity contribution in [2.45, 2.75) is 18.9 Å². The zero-order valence-corrected chi connectivity index (χ0v) is 21.2. The summed E-state index contributed by atoms with van der Waals surface area (Å²) in [5, 5.41) is 3.48. The SMILES string of the molecule is CCOC(=O)c1ccccc1N[C@@H]1c2cc3c(cc2[C@@H](C2=CC(=O)C(=O)C(OC)=C2)[C@H]2C(=O)OC[C@@H]21)OCO3. The molecule has 1 N–H and O–H groups in total. The fourth-order valence-electron chi connectivity index (χ4n) is 5.84. The molecule has 0 spiro atoms. The van der Waals surface area contributed by atoms with Gasteiger partial charge in [0, 0.05) is 17.5 Å². The Kier molecular flexibility index (Phi) is 6.09. The number of para-hydroxylation sites is 1. The summed E-state index contributed by atoms with van der Waals surface area (Å²) >= 11 is 0. The average molecular weight is 532 g/mol. The predicted molar refractivity (Wildman–Crippen MR) is 135 cm³/mol. The molecular formula is C29H25NO9. The van der Waals surface area contributed by atoms with Crippen LogP contribution in [0, 0.1) is 11.8 Å². The number of anilines is 1. The molecule has 2 aliphatic carbocycles. The van der Waals surface area contributed by atoms with E-state index in [-0.39, 0.29) is 31.7 Å². The molecule has 0 saturated carbocycles. The number of methoxy groups -OCH3 is 1. The van der Waals surface area contributed by atoms with Gasteiger partial charge in [-0.2, -0.15) is 0 Å². The van der Waals surface area contributed by atoms with Crippen molar-refractivity contribution < 1.29 is 42.9 Å². The minimum atomic E-state index is -0.747. The first-order valence-electron chi connectivity index (χ1n) is 12.6. The van der Waals surface area contributed by atoms with Crippen LogP contribution >= 0.6 is 0 Å². The molecule has 2 aromatic rings. The van der Waals surface area contributed by atoms with E-state index in [0.29, 0.717) is 33.9 Å². The number of carbonyl (C=O) groups is 4. The second kappa shape index (κ2) is 9.61. The molecular weight excluding hydrogens is 506 g/mol. The monoisotopic (exact) mass is 531 g/mol. The number of Topliss-reactive ketones (excluding diaryl/α,β-unsaturated/α-hetero) is 1. The maximum Gasteiger partial charge on any atom is 0.340 e. The summed E-state index contributed by atoms with van der Waals surface area (Å²) in [7, 11) is 1.32. The molecule has 2 aliphatic heterocycles. The summed E-state index contributed by atoms with van der Waals surface area (Å²) in [6.07, 6.45) is 2.77. The lowest BCUT2D eigenvalue weighted by atomic mass is 9.64. The average Bonchev–Trinajstić information content (AvgIpc) is 3.56. The molecule has 0 amide bonds. The quantitative estimate of drug-likeness (QED) is 0.337. The Morgan fingerprint density at radius 3 is 2.51 bits per heavy atom. The predicted octanol–water partition coefficient (Wildman–Crippen LogP) is 3.24. The van der Waals surface area contributed by atoms with Gasteiger partial charge in [-0.25, -0.2) is 4.79 Å². The molecule has 2 aromatic carbocycles. The Balaban J connectivity index is 1.51. The number of nitrogens with one attached hydrogen (secondary N) is 1. The number of ether oxygens (including phenoxy) is 5. The summed E-state index contributed by atoms with van der Waals surface area (Å²) in [6.45, 7) is 2.13. The van der Waals surface area contributed by atoms with Crippen molar-refractivity contribution in [2.24, 2.45) is 11.8 Å². The second-order valence-electron chi connectivity index (χ2n) is 9.57. The van der Waals surface area contributed by atoms with Crippen LogP contribution in [-0.4, -0.2) is 50.6 Å². The Morgan fingerprint density at radius 2 is 1.77 bits per heavy atom. The molecule has 4 atom stereocenters. The molecule has 4 aliphatic rings. The largest absolute Gasteiger partial charge is 0.492 e.